The molecule has 108 valence electrons. The second-order valence-corrected chi connectivity index (χ2v) is 5.02. The SMILES string of the molecule is CCC1(C(=O)OC)C[C@@H](O)CN1C(=O)c1ccccc1. The number of carbonyl (C=O) groups is 2. The topological polar surface area (TPSA) is 66.8 Å². The van der Waals surface area contributed by atoms with Gasteiger partial charge in [0.15, 0.2) is 0 Å². The van der Waals surface area contributed by atoms with Crippen LogP contribution < -0.4 is 0 Å². The first kappa shape index (κ1) is 14.5. The van der Waals surface area contributed by atoms with Gasteiger partial charge in [0.05, 0.1) is 13.2 Å². The predicted octanol–water partition coefficient (Wildman–Crippen LogP) is 1.22. The molecule has 1 fully saturated rings. The summed E-state index contributed by atoms with van der Waals surface area (Å²) in [5.41, 5.74) is -0.565. The summed E-state index contributed by atoms with van der Waals surface area (Å²) in [6.45, 7) is 1.97. The molecule has 0 spiro atoms. The van der Waals surface area contributed by atoms with Crippen molar-refractivity contribution >= 4 is 11.9 Å². The number of esters is 1. The van der Waals surface area contributed by atoms with Crippen LogP contribution in [0.4, 0.5) is 0 Å². The molecule has 1 heterocycles. The molecule has 2 rings (SSSR count). The smallest absolute Gasteiger partial charge is 0.331 e. The van der Waals surface area contributed by atoms with Crippen molar-refractivity contribution in [1.29, 1.82) is 0 Å². The average Bonchev–Trinajstić information content (AvgIpc) is 2.84. The van der Waals surface area contributed by atoms with E-state index in [2.05, 4.69) is 0 Å². The van der Waals surface area contributed by atoms with Gasteiger partial charge in [-0.3, -0.25) is 4.79 Å². The molecular weight excluding hydrogens is 258 g/mol. The van der Waals surface area contributed by atoms with Crippen LogP contribution in [0, 0.1) is 0 Å². The first-order chi connectivity index (χ1) is 9.55. The Hall–Kier alpha value is -1.88. The maximum atomic E-state index is 12.6. The maximum Gasteiger partial charge on any atom is 0.331 e. The van der Waals surface area contributed by atoms with Gasteiger partial charge in [-0.05, 0) is 18.6 Å². The van der Waals surface area contributed by atoms with Gasteiger partial charge in [0.2, 0.25) is 0 Å². The number of carbonyl (C=O) groups excluding carboxylic acids is 2. The summed E-state index contributed by atoms with van der Waals surface area (Å²) in [7, 11) is 1.30. The summed E-state index contributed by atoms with van der Waals surface area (Å²) in [5, 5.41) is 9.90. The van der Waals surface area contributed by atoms with Crippen LogP contribution >= 0.6 is 0 Å². The molecule has 1 aromatic rings. The third kappa shape index (κ3) is 2.29. The van der Waals surface area contributed by atoms with Gasteiger partial charge in [-0.1, -0.05) is 25.1 Å². The van der Waals surface area contributed by atoms with Crippen molar-refractivity contribution in [2.75, 3.05) is 13.7 Å². The molecule has 2 atom stereocenters. The number of aliphatic hydroxyl groups excluding tert-OH is 1. The lowest BCUT2D eigenvalue weighted by molar-refractivity contribution is -0.152. The highest BCUT2D eigenvalue weighted by Gasteiger charge is 2.52. The van der Waals surface area contributed by atoms with Gasteiger partial charge in [-0.25, -0.2) is 4.79 Å². The van der Waals surface area contributed by atoms with E-state index in [4.69, 9.17) is 4.74 Å². The number of amides is 1. The Bertz CT molecular complexity index is 502. The fourth-order valence-corrected chi connectivity index (χ4v) is 2.83. The number of aliphatic hydroxyl groups is 1. The van der Waals surface area contributed by atoms with E-state index in [9.17, 15) is 14.7 Å². The lowest BCUT2D eigenvalue weighted by Crippen LogP contribution is -2.53. The minimum absolute atomic E-state index is 0.149. The molecule has 1 N–H and O–H groups in total. The number of methoxy groups -OCH3 is 1. The molecule has 1 amide bonds. The predicted molar refractivity (Wildman–Crippen MR) is 73.1 cm³/mol. The zero-order chi connectivity index (χ0) is 14.8. The summed E-state index contributed by atoms with van der Waals surface area (Å²) in [5.74, 6) is -0.727. The van der Waals surface area contributed by atoms with E-state index in [1.807, 2.05) is 13.0 Å². The van der Waals surface area contributed by atoms with Gasteiger partial charge < -0.3 is 14.7 Å². The Morgan fingerprint density at radius 3 is 2.60 bits per heavy atom. The highest BCUT2D eigenvalue weighted by atomic mass is 16.5. The summed E-state index contributed by atoms with van der Waals surface area (Å²) < 4.78 is 4.85. The van der Waals surface area contributed by atoms with Crippen LogP contribution in [0.5, 0.6) is 0 Å². The number of ether oxygens (including phenoxy) is 1. The highest BCUT2D eigenvalue weighted by molar-refractivity contribution is 5.98. The van der Waals surface area contributed by atoms with Crippen molar-refractivity contribution in [2.24, 2.45) is 0 Å². The van der Waals surface area contributed by atoms with Crippen LogP contribution in [0.1, 0.15) is 30.1 Å². The number of β-amino-alcohol motifs (C(OH)–C–C–N with tert-alkyl or cyclic N) is 1. The quantitative estimate of drug-likeness (QED) is 0.843. The second kappa shape index (κ2) is 5.63. The van der Waals surface area contributed by atoms with E-state index in [1.165, 1.54) is 12.0 Å². The van der Waals surface area contributed by atoms with Crippen LogP contribution in [-0.2, 0) is 9.53 Å². The Morgan fingerprint density at radius 2 is 2.05 bits per heavy atom. The van der Waals surface area contributed by atoms with E-state index in [1.54, 1.807) is 24.3 Å². The third-order valence-corrected chi connectivity index (χ3v) is 3.90. The van der Waals surface area contributed by atoms with Crippen LogP contribution in [0.3, 0.4) is 0 Å². The summed E-state index contributed by atoms with van der Waals surface area (Å²) in [4.78, 5) is 26.2. The number of likely N-dealkylation sites (tertiary alicyclic amines) is 1. The number of hydrogen-bond donors (Lipinski definition) is 1. The molecule has 5 heteroatoms. The Labute approximate surface area is 118 Å². The van der Waals surface area contributed by atoms with Crippen molar-refractivity contribution in [2.45, 2.75) is 31.4 Å². The van der Waals surface area contributed by atoms with Crippen molar-refractivity contribution < 1.29 is 19.4 Å². The van der Waals surface area contributed by atoms with Gasteiger partial charge in [0, 0.05) is 18.5 Å². The molecule has 1 saturated heterocycles. The van der Waals surface area contributed by atoms with Gasteiger partial charge in [0.1, 0.15) is 5.54 Å². The monoisotopic (exact) mass is 277 g/mol. The van der Waals surface area contributed by atoms with E-state index < -0.39 is 17.6 Å². The first-order valence-corrected chi connectivity index (χ1v) is 6.68. The molecule has 0 bridgehead atoms. The Balaban J connectivity index is 2.37. The van der Waals surface area contributed by atoms with Gasteiger partial charge in [0.25, 0.3) is 5.91 Å². The lowest BCUT2D eigenvalue weighted by Gasteiger charge is -2.34. The fraction of sp³-hybridized carbons (Fsp3) is 0.467. The van der Waals surface area contributed by atoms with E-state index in [0.29, 0.717) is 12.0 Å². The lowest BCUT2D eigenvalue weighted by atomic mass is 9.91. The molecule has 1 aliphatic heterocycles. The average molecular weight is 277 g/mol. The summed E-state index contributed by atoms with van der Waals surface area (Å²) in [6, 6.07) is 8.76. The Kier molecular flexibility index (Phi) is 4.09. The molecule has 1 aliphatic rings. The van der Waals surface area contributed by atoms with E-state index >= 15 is 0 Å². The number of rotatable bonds is 3. The van der Waals surface area contributed by atoms with Crippen LogP contribution in [-0.4, -0.2) is 47.2 Å². The molecule has 1 unspecified atom stereocenters. The second-order valence-electron chi connectivity index (χ2n) is 5.02. The van der Waals surface area contributed by atoms with Gasteiger partial charge >= 0.3 is 5.97 Å². The van der Waals surface area contributed by atoms with Crippen LogP contribution in [0.25, 0.3) is 0 Å². The van der Waals surface area contributed by atoms with E-state index in [-0.39, 0.29) is 18.9 Å². The number of hydrogen-bond acceptors (Lipinski definition) is 4. The molecule has 5 nitrogen and oxygen atoms in total. The maximum absolute atomic E-state index is 12.6. The Morgan fingerprint density at radius 1 is 1.40 bits per heavy atom. The van der Waals surface area contributed by atoms with Gasteiger partial charge in [-0.15, -0.1) is 0 Å². The zero-order valence-corrected chi connectivity index (χ0v) is 11.7. The minimum atomic E-state index is -1.07. The molecule has 20 heavy (non-hydrogen) atoms. The molecule has 0 saturated carbocycles. The van der Waals surface area contributed by atoms with E-state index in [0.717, 1.165) is 0 Å². The molecule has 0 radical (unpaired) electrons. The molecule has 0 aromatic heterocycles. The first-order valence-electron chi connectivity index (χ1n) is 6.68. The summed E-state index contributed by atoms with van der Waals surface area (Å²) in [6.07, 6.45) is -0.0777. The molecular formula is C15H19NO4. The number of nitrogens with zero attached hydrogens (tertiary/aromatic N) is 1. The molecule has 0 aliphatic carbocycles. The largest absolute Gasteiger partial charge is 0.467 e. The zero-order valence-electron chi connectivity index (χ0n) is 11.7. The number of benzene rings is 1. The standard InChI is InChI=1S/C15H19NO4/c1-3-15(14(19)20-2)9-12(17)10-16(15)13(18)11-7-5-4-6-8-11/h4-8,12,17H,3,9-10H2,1-2H3/t12-,15?/m1/s1. The van der Waals surface area contributed by atoms with Crippen LogP contribution in [0.15, 0.2) is 30.3 Å². The van der Waals surface area contributed by atoms with Crippen molar-refractivity contribution in [1.82, 2.24) is 4.90 Å². The third-order valence-electron chi connectivity index (χ3n) is 3.90. The van der Waals surface area contributed by atoms with Crippen LogP contribution in [0.2, 0.25) is 0 Å². The van der Waals surface area contributed by atoms with Crippen molar-refractivity contribution in [3.8, 4) is 0 Å². The summed E-state index contributed by atoms with van der Waals surface area (Å²) >= 11 is 0. The molecule has 1 aromatic carbocycles. The minimum Gasteiger partial charge on any atom is -0.467 e. The normalized spacial score (nSPS) is 25.6. The highest BCUT2D eigenvalue weighted by Crippen LogP contribution is 2.35. The van der Waals surface area contributed by atoms with Crippen molar-refractivity contribution in [3.05, 3.63) is 35.9 Å². The van der Waals surface area contributed by atoms with Crippen molar-refractivity contribution in [3.63, 3.8) is 0 Å². The van der Waals surface area contributed by atoms with Gasteiger partial charge in [-0.2, -0.15) is 0 Å². The fourth-order valence-electron chi connectivity index (χ4n) is 2.83.